The number of carbonyl (C=O) groups excluding carboxylic acids is 2. The number of rotatable bonds is 5. The van der Waals surface area contributed by atoms with Crippen LogP contribution in [-0.2, 0) is 14.3 Å². The minimum atomic E-state index is -0.795. The summed E-state index contributed by atoms with van der Waals surface area (Å²) in [5, 5.41) is 2.98. The summed E-state index contributed by atoms with van der Waals surface area (Å²) in [6.45, 7) is 0.547. The van der Waals surface area contributed by atoms with E-state index in [2.05, 4.69) is 5.32 Å². The van der Waals surface area contributed by atoms with Crippen LogP contribution < -0.4 is 11.1 Å². The van der Waals surface area contributed by atoms with Crippen LogP contribution in [0.3, 0.4) is 0 Å². The van der Waals surface area contributed by atoms with E-state index in [1.165, 1.54) is 13.5 Å². The molecule has 0 aromatic heterocycles. The fourth-order valence-corrected chi connectivity index (χ4v) is 3.96. The zero-order chi connectivity index (χ0) is 15.3. The van der Waals surface area contributed by atoms with Gasteiger partial charge in [0.1, 0.15) is 5.54 Å². The lowest BCUT2D eigenvalue weighted by molar-refractivity contribution is -0.151. The van der Waals surface area contributed by atoms with Gasteiger partial charge in [-0.05, 0) is 37.6 Å². The minimum Gasteiger partial charge on any atom is -0.467 e. The molecule has 0 aromatic carbocycles. The smallest absolute Gasteiger partial charge is 0.331 e. The number of ether oxygens (including phenoxy) is 1. The van der Waals surface area contributed by atoms with Crippen molar-refractivity contribution >= 4 is 24.3 Å². The molecule has 0 aromatic rings. The van der Waals surface area contributed by atoms with Crippen molar-refractivity contribution in [3.63, 3.8) is 0 Å². The Hall–Kier alpha value is -0.810. The first-order chi connectivity index (χ1) is 10.1. The first-order valence-electron chi connectivity index (χ1n) is 8.15. The average Bonchev–Trinajstić information content (AvgIpc) is 2.96. The molecular weight excluding hydrogens is 304 g/mol. The zero-order valence-corrected chi connectivity index (χ0v) is 14.3. The first kappa shape index (κ1) is 19.2. The van der Waals surface area contributed by atoms with Gasteiger partial charge in [-0.15, -0.1) is 12.4 Å². The quantitative estimate of drug-likeness (QED) is 0.757. The molecule has 2 saturated carbocycles. The Kier molecular flexibility index (Phi) is 7.13. The second-order valence-corrected chi connectivity index (χ2v) is 6.77. The molecule has 0 atom stereocenters. The van der Waals surface area contributed by atoms with Crippen LogP contribution in [0, 0.1) is 5.41 Å². The van der Waals surface area contributed by atoms with Gasteiger partial charge in [0, 0.05) is 6.42 Å². The molecule has 128 valence electrons. The van der Waals surface area contributed by atoms with Crippen molar-refractivity contribution in [2.45, 2.75) is 69.7 Å². The summed E-state index contributed by atoms with van der Waals surface area (Å²) in [7, 11) is 1.39. The highest BCUT2D eigenvalue weighted by Gasteiger charge is 2.44. The van der Waals surface area contributed by atoms with E-state index >= 15 is 0 Å². The Balaban J connectivity index is 0.00000242. The van der Waals surface area contributed by atoms with E-state index in [-0.39, 0.29) is 29.7 Å². The molecule has 3 N–H and O–H groups in total. The maximum Gasteiger partial charge on any atom is 0.331 e. The monoisotopic (exact) mass is 332 g/mol. The van der Waals surface area contributed by atoms with Gasteiger partial charge >= 0.3 is 5.97 Å². The number of hydrogen-bond acceptors (Lipinski definition) is 4. The topological polar surface area (TPSA) is 81.4 Å². The van der Waals surface area contributed by atoms with E-state index in [1.807, 2.05) is 0 Å². The van der Waals surface area contributed by atoms with Crippen LogP contribution in [0.2, 0.25) is 0 Å². The third kappa shape index (κ3) is 4.13. The molecule has 0 heterocycles. The molecule has 2 rings (SSSR count). The van der Waals surface area contributed by atoms with E-state index in [1.54, 1.807) is 0 Å². The Morgan fingerprint density at radius 1 is 1.05 bits per heavy atom. The van der Waals surface area contributed by atoms with E-state index in [0.717, 1.165) is 38.5 Å². The number of amides is 1. The highest BCUT2D eigenvalue weighted by molar-refractivity contribution is 5.88. The van der Waals surface area contributed by atoms with Crippen LogP contribution in [0.25, 0.3) is 0 Å². The molecule has 2 fully saturated rings. The lowest BCUT2D eigenvalue weighted by atomic mass is 9.71. The largest absolute Gasteiger partial charge is 0.467 e. The summed E-state index contributed by atoms with van der Waals surface area (Å²) in [4.78, 5) is 24.5. The van der Waals surface area contributed by atoms with Crippen molar-refractivity contribution in [3.8, 4) is 0 Å². The maximum atomic E-state index is 12.5. The molecule has 2 aliphatic rings. The number of methoxy groups -OCH3 is 1. The van der Waals surface area contributed by atoms with Crippen LogP contribution >= 0.6 is 12.4 Å². The third-order valence-electron chi connectivity index (χ3n) is 5.29. The number of esters is 1. The molecule has 1 amide bonds. The van der Waals surface area contributed by atoms with Gasteiger partial charge in [0.2, 0.25) is 5.91 Å². The molecule has 0 radical (unpaired) electrons. The predicted molar refractivity (Wildman–Crippen MR) is 87.8 cm³/mol. The van der Waals surface area contributed by atoms with Crippen LogP contribution in [0.5, 0.6) is 0 Å². The fourth-order valence-electron chi connectivity index (χ4n) is 3.96. The number of nitrogens with two attached hydrogens (primary N) is 1. The fraction of sp³-hybridized carbons (Fsp3) is 0.875. The van der Waals surface area contributed by atoms with E-state index in [9.17, 15) is 9.59 Å². The standard InChI is InChI=1S/C16H28N2O3.ClH/c1-21-14(20)16(9-5-6-10-16)18-13(19)11-15(12-17)7-3-2-4-8-15;/h2-12,17H2,1H3,(H,18,19);1H. The van der Waals surface area contributed by atoms with Crippen molar-refractivity contribution < 1.29 is 14.3 Å². The van der Waals surface area contributed by atoms with Gasteiger partial charge in [0.15, 0.2) is 0 Å². The molecule has 0 aliphatic heterocycles. The van der Waals surface area contributed by atoms with Crippen LogP contribution in [0.4, 0.5) is 0 Å². The van der Waals surface area contributed by atoms with E-state index in [4.69, 9.17) is 10.5 Å². The van der Waals surface area contributed by atoms with Crippen LogP contribution in [0.1, 0.15) is 64.2 Å². The van der Waals surface area contributed by atoms with Gasteiger partial charge in [0.25, 0.3) is 0 Å². The molecule has 0 saturated heterocycles. The van der Waals surface area contributed by atoms with Crippen molar-refractivity contribution in [2.75, 3.05) is 13.7 Å². The number of nitrogens with one attached hydrogen (secondary N) is 1. The van der Waals surface area contributed by atoms with Crippen molar-refractivity contribution in [3.05, 3.63) is 0 Å². The van der Waals surface area contributed by atoms with Gasteiger partial charge in [-0.3, -0.25) is 4.79 Å². The molecule has 6 heteroatoms. The van der Waals surface area contributed by atoms with Crippen LogP contribution in [0.15, 0.2) is 0 Å². The van der Waals surface area contributed by atoms with Crippen LogP contribution in [-0.4, -0.2) is 31.1 Å². The summed E-state index contributed by atoms with van der Waals surface area (Å²) in [6.07, 6.45) is 9.26. The zero-order valence-electron chi connectivity index (χ0n) is 13.5. The van der Waals surface area contributed by atoms with Gasteiger partial charge < -0.3 is 15.8 Å². The Bertz CT molecular complexity index is 389. The number of halogens is 1. The van der Waals surface area contributed by atoms with Gasteiger partial charge in [-0.1, -0.05) is 32.1 Å². The molecule has 22 heavy (non-hydrogen) atoms. The average molecular weight is 333 g/mol. The molecular formula is C16H29ClN2O3. The second kappa shape index (κ2) is 8.16. The van der Waals surface area contributed by atoms with Crippen molar-refractivity contribution in [2.24, 2.45) is 11.1 Å². The molecule has 5 nitrogen and oxygen atoms in total. The Labute approximate surface area is 139 Å². The SMILES string of the molecule is COC(=O)C1(NC(=O)CC2(CN)CCCCC2)CCCC1.Cl. The lowest BCUT2D eigenvalue weighted by Gasteiger charge is -2.37. The molecule has 0 unspecified atom stereocenters. The van der Waals surface area contributed by atoms with Gasteiger partial charge in [0.05, 0.1) is 7.11 Å². The second-order valence-electron chi connectivity index (χ2n) is 6.77. The van der Waals surface area contributed by atoms with Crippen molar-refractivity contribution in [1.82, 2.24) is 5.32 Å². The lowest BCUT2D eigenvalue weighted by Crippen LogP contribution is -2.54. The summed E-state index contributed by atoms with van der Waals surface area (Å²) in [6, 6.07) is 0. The highest BCUT2D eigenvalue weighted by atomic mass is 35.5. The predicted octanol–water partition coefficient (Wildman–Crippen LogP) is 2.31. The summed E-state index contributed by atoms with van der Waals surface area (Å²) >= 11 is 0. The van der Waals surface area contributed by atoms with Crippen molar-refractivity contribution in [1.29, 1.82) is 0 Å². The summed E-state index contributed by atoms with van der Waals surface area (Å²) in [5.41, 5.74) is 5.08. The molecule has 0 bridgehead atoms. The van der Waals surface area contributed by atoms with E-state index < -0.39 is 5.54 Å². The Morgan fingerprint density at radius 2 is 1.59 bits per heavy atom. The highest BCUT2D eigenvalue weighted by Crippen LogP contribution is 2.39. The maximum absolute atomic E-state index is 12.5. The van der Waals surface area contributed by atoms with E-state index in [0.29, 0.717) is 25.8 Å². The molecule has 0 spiro atoms. The normalized spacial score (nSPS) is 22.5. The summed E-state index contributed by atoms with van der Waals surface area (Å²) in [5.74, 6) is -0.353. The van der Waals surface area contributed by atoms with Gasteiger partial charge in [-0.25, -0.2) is 4.79 Å². The Morgan fingerprint density at radius 3 is 2.09 bits per heavy atom. The summed E-state index contributed by atoms with van der Waals surface area (Å²) < 4.78 is 4.90. The van der Waals surface area contributed by atoms with Gasteiger partial charge in [-0.2, -0.15) is 0 Å². The number of carbonyl (C=O) groups is 2. The minimum absolute atomic E-state index is 0. The molecule has 2 aliphatic carbocycles. The third-order valence-corrected chi connectivity index (χ3v) is 5.29. The first-order valence-corrected chi connectivity index (χ1v) is 8.15. The number of hydrogen-bond donors (Lipinski definition) is 2.